The predicted octanol–water partition coefficient (Wildman–Crippen LogP) is -0.735. The van der Waals surface area contributed by atoms with Crippen molar-refractivity contribution in [1.29, 1.82) is 0 Å². The van der Waals surface area contributed by atoms with Crippen molar-refractivity contribution in [2.45, 2.75) is 26.3 Å². The number of hydrogen-bond donors (Lipinski definition) is 2. The van der Waals surface area contributed by atoms with E-state index in [2.05, 4.69) is 22.5 Å². The molecule has 2 heterocycles. The topological polar surface area (TPSA) is 64.7 Å². The van der Waals surface area contributed by atoms with Gasteiger partial charge in [0.05, 0.1) is 12.5 Å². The summed E-state index contributed by atoms with van der Waals surface area (Å²) in [4.78, 5) is 28.0. The number of hydrogen-bond acceptors (Lipinski definition) is 4. The van der Waals surface area contributed by atoms with Crippen molar-refractivity contribution >= 4 is 11.8 Å². The van der Waals surface area contributed by atoms with Gasteiger partial charge in [-0.15, -0.1) is 0 Å². The molecule has 2 saturated heterocycles. The number of piperazine rings is 1. The number of rotatable bonds is 5. The van der Waals surface area contributed by atoms with E-state index >= 15 is 0 Å². The summed E-state index contributed by atoms with van der Waals surface area (Å²) >= 11 is 0. The van der Waals surface area contributed by atoms with Gasteiger partial charge in [-0.1, -0.05) is 6.92 Å². The Morgan fingerprint density at radius 2 is 1.90 bits per heavy atom. The van der Waals surface area contributed by atoms with Crippen LogP contribution < -0.4 is 10.6 Å². The highest BCUT2D eigenvalue weighted by Crippen LogP contribution is 2.11. The Bertz CT molecular complexity index is 349. The van der Waals surface area contributed by atoms with Gasteiger partial charge < -0.3 is 15.5 Å². The van der Waals surface area contributed by atoms with E-state index in [4.69, 9.17) is 0 Å². The van der Waals surface area contributed by atoms with Crippen LogP contribution in [0.15, 0.2) is 0 Å². The van der Waals surface area contributed by atoms with E-state index in [0.717, 1.165) is 45.7 Å². The van der Waals surface area contributed by atoms with E-state index in [-0.39, 0.29) is 23.8 Å². The quantitative estimate of drug-likeness (QED) is 0.697. The summed E-state index contributed by atoms with van der Waals surface area (Å²) in [5.41, 5.74) is 0. The maximum absolute atomic E-state index is 12.1. The lowest BCUT2D eigenvalue weighted by Crippen LogP contribution is -2.57. The molecule has 0 aromatic carbocycles. The highest BCUT2D eigenvalue weighted by atomic mass is 16.2. The number of carbonyl (C=O) groups excluding carboxylic acids is 2. The molecule has 2 aliphatic rings. The molecule has 2 fully saturated rings. The van der Waals surface area contributed by atoms with Crippen LogP contribution in [0.2, 0.25) is 0 Å². The molecular formula is C14H26N4O2. The first-order chi connectivity index (χ1) is 9.60. The van der Waals surface area contributed by atoms with Gasteiger partial charge in [0.25, 0.3) is 0 Å². The molecule has 1 atom stereocenters. The fourth-order valence-corrected chi connectivity index (χ4v) is 2.47. The molecule has 0 saturated carbocycles. The van der Waals surface area contributed by atoms with Gasteiger partial charge in [0.2, 0.25) is 11.8 Å². The van der Waals surface area contributed by atoms with Gasteiger partial charge in [-0.25, -0.2) is 0 Å². The molecule has 2 aliphatic heterocycles. The molecule has 6 nitrogen and oxygen atoms in total. The third-order valence-electron chi connectivity index (χ3n) is 4.20. The average Bonchev–Trinajstić information content (AvgIpc) is 2.37. The molecule has 2 rings (SSSR count). The second-order valence-electron chi connectivity index (χ2n) is 5.83. The number of nitrogens with one attached hydrogen (secondary N) is 2. The van der Waals surface area contributed by atoms with Gasteiger partial charge in [0, 0.05) is 45.3 Å². The molecule has 0 radical (unpaired) electrons. The Labute approximate surface area is 120 Å². The van der Waals surface area contributed by atoms with Crippen molar-refractivity contribution in [1.82, 2.24) is 20.4 Å². The number of nitrogens with zero attached hydrogens (tertiary/aromatic N) is 2. The van der Waals surface area contributed by atoms with Crippen LogP contribution in [0.25, 0.3) is 0 Å². The second-order valence-corrected chi connectivity index (χ2v) is 5.83. The molecule has 20 heavy (non-hydrogen) atoms. The maximum Gasteiger partial charge on any atom is 0.234 e. The Kier molecular flexibility index (Phi) is 5.37. The first-order valence-electron chi connectivity index (χ1n) is 7.61. The summed E-state index contributed by atoms with van der Waals surface area (Å²) in [6.07, 6.45) is 0.948. The molecule has 0 spiro atoms. The normalized spacial score (nSPS) is 22.2. The van der Waals surface area contributed by atoms with Crippen molar-refractivity contribution in [2.24, 2.45) is 5.92 Å². The van der Waals surface area contributed by atoms with Crippen molar-refractivity contribution in [3.05, 3.63) is 0 Å². The Morgan fingerprint density at radius 3 is 2.40 bits per heavy atom. The van der Waals surface area contributed by atoms with Crippen LogP contribution in [-0.2, 0) is 9.59 Å². The monoisotopic (exact) mass is 282 g/mol. The highest BCUT2D eigenvalue weighted by Gasteiger charge is 2.31. The van der Waals surface area contributed by atoms with Crippen LogP contribution >= 0.6 is 0 Å². The first kappa shape index (κ1) is 15.3. The molecule has 0 bridgehead atoms. The first-order valence-corrected chi connectivity index (χ1v) is 7.61. The largest absolute Gasteiger partial charge is 0.353 e. The zero-order valence-electron chi connectivity index (χ0n) is 12.5. The summed E-state index contributed by atoms with van der Waals surface area (Å²) in [5, 5.41) is 6.11. The van der Waals surface area contributed by atoms with Crippen molar-refractivity contribution in [2.75, 3.05) is 45.8 Å². The van der Waals surface area contributed by atoms with Crippen LogP contribution in [0.4, 0.5) is 0 Å². The van der Waals surface area contributed by atoms with E-state index in [1.54, 1.807) is 0 Å². The minimum Gasteiger partial charge on any atom is -0.353 e. The van der Waals surface area contributed by atoms with E-state index in [1.807, 2.05) is 11.8 Å². The zero-order valence-corrected chi connectivity index (χ0v) is 12.5. The Hall–Kier alpha value is -1.14. The fourth-order valence-electron chi connectivity index (χ4n) is 2.47. The van der Waals surface area contributed by atoms with Crippen molar-refractivity contribution < 1.29 is 9.59 Å². The molecule has 6 heteroatoms. The molecule has 0 aliphatic carbocycles. The van der Waals surface area contributed by atoms with Gasteiger partial charge in [0.1, 0.15) is 0 Å². The van der Waals surface area contributed by atoms with E-state index in [9.17, 15) is 9.59 Å². The van der Waals surface area contributed by atoms with Crippen molar-refractivity contribution in [3.8, 4) is 0 Å². The highest BCUT2D eigenvalue weighted by molar-refractivity contribution is 5.80. The Balaban J connectivity index is 1.68. The van der Waals surface area contributed by atoms with E-state index in [1.165, 1.54) is 0 Å². The van der Waals surface area contributed by atoms with E-state index in [0.29, 0.717) is 6.54 Å². The summed E-state index contributed by atoms with van der Waals surface area (Å²) < 4.78 is 0. The van der Waals surface area contributed by atoms with Gasteiger partial charge in [-0.05, 0) is 13.3 Å². The van der Waals surface area contributed by atoms with Gasteiger partial charge >= 0.3 is 0 Å². The van der Waals surface area contributed by atoms with Crippen LogP contribution in [0.3, 0.4) is 0 Å². The lowest BCUT2D eigenvalue weighted by atomic mass is 10.0. The van der Waals surface area contributed by atoms with Gasteiger partial charge in [0.15, 0.2) is 0 Å². The predicted molar refractivity (Wildman–Crippen MR) is 77.3 cm³/mol. The SMILES string of the molecule is CCC(C)NC(=O)CN1CCN(C(=O)C2CNC2)CC1. The maximum atomic E-state index is 12.1. The van der Waals surface area contributed by atoms with Crippen LogP contribution in [0.5, 0.6) is 0 Å². The molecular weight excluding hydrogens is 256 g/mol. The summed E-state index contributed by atoms with van der Waals surface area (Å²) in [6, 6.07) is 0.233. The summed E-state index contributed by atoms with van der Waals surface area (Å²) in [5.74, 6) is 0.532. The fraction of sp³-hybridized carbons (Fsp3) is 0.857. The van der Waals surface area contributed by atoms with Crippen LogP contribution in [-0.4, -0.2) is 73.5 Å². The van der Waals surface area contributed by atoms with Crippen molar-refractivity contribution in [3.63, 3.8) is 0 Å². The van der Waals surface area contributed by atoms with Gasteiger partial charge in [-0.2, -0.15) is 0 Å². The second kappa shape index (κ2) is 7.04. The third-order valence-corrected chi connectivity index (χ3v) is 4.20. The smallest absolute Gasteiger partial charge is 0.234 e. The summed E-state index contributed by atoms with van der Waals surface area (Å²) in [6.45, 7) is 9.22. The Morgan fingerprint density at radius 1 is 1.25 bits per heavy atom. The molecule has 0 aromatic heterocycles. The summed E-state index contributed by atoms with van der Waals surface area (Å²) in [7, 11) is 0. The molecule has 2 amide bonds. The van der Waals surface area contributed by atoms with Gasteiger partial charge in [-0.3, -0.25) is 14.5 Å². The zero-order chi connectivity index (χ0) is 14.5. The molecule has 114 valence electrons. The third kappa shape index (κ3) is 3.93. The minimum absolute atomic E-state index is 0.0855. The minimum atomic E-state index is 0.0855. The van der Waals surface area contributed by atoms with E-state index < -0.39 is 0 Å². The lowest BCUT2D eigenvalue weighted by Gasteiger charge is -2.38. The van der Waals surface area contributed by atoms with Crippen LogP contribution in [0.1, 0.15) is 20.3 Å². The number of amides is 2. The molecule has 2 N–H and O–H groups in total. The molecule has 1 unspecified atom stereocenters. The van der Waals surface area contributed by atoms with Crippen LogP contribution in [0, 0.1) is 5.92 Å². The standard InChI is InChI=1S/C14H26N4O2/c1-3-11(2)16-13(19)10-17-4-6-18(7-5-17)14(20)12-8-15-9-12/h11-12,15H,3-10H2,1-2H3,(H,16,19). The molecule has 0 aromatic rings. The lowest BCUT2D eigenvalue weighted by molar-refractivity contribution is -0.139. The average molecular weight is 282 g/mol. The number of carbonyl (C=O) groups is 2.